The molecule has 0 radical (unpaired) electrons. The number of nitrogens with zero attached hydrogens (tertiary/aromatic N) is 4. The van der Waals surface area contributed by atoms with Crippen molar-refractivity contribution < 1.29 is 17.6 Å². The molecule has 0 amide bonds. The SMILES string of the molecule is Cn1c(Nc2nnco2)nc2cc(C(F)(F)F)ccc21. The van der Waals surface area contributed by atoms with E-state index in [4.69, 9.17) is 4.42 Å². The lowest BCUT2D eigenvalue weighted by molar-refractivity contribution is -0.137. The van der Waals surface area contributed by atoms with Crippen molar-refractivity contribution in [1.29, 1.82) is 0 Å². The van der Waals surface area contributed by atoms with Crippen molar-refractivity contribution >= 4 is 23.0 Å². The maximum Gasteiger partial charge on any atom is 0.416 e. The molecule has 0 aliphatic carbocycles. The largest absolute Gasteiger partial charge is 0.416 e. The van der Waals surface area contributed by atoms with Gasteiger partial charge in [-0.05, 0) is 18.2 Å². The Morgan fingerprint density at radius 2 is 2.10 bits per heavy atom. The molecule has 3 aromatic rings. The zero-order valence-corrected chi connectivity index (χ0v) is 10.1. The van der Waals surface area contributed by atoms with Gasteiger partial charge in [-0.1, -0.05) is 5.10 Å². The number of aromatic nitrogens is 4. The van der Waals surface area contributed by atoms with Crippen LogP contribution in [0.1, 0.15) is 5.56 Å². The number of hydrogen-bond donors (Lipinski definition) is 1. The van der Waals surface area contributed by atoms with Gasteiger partial charge in [0, 0.05) is 7.05 Å². The Bertz CT molecular complexity index is 747. The van der Waals surface area contributed by atoms with E-state index in [-0.39, 0.29) is 11.5 Å². The van der Waals surface area contributed by atoms with E-state index < -0.39 is 11.7 Å². The van der Waals surface area contributed by atoms with Crippen molar-refractivity contribution in [2.75, 3.05) is 5.32 Å². The molecule has 0 spiro atoms. The third kappa shape index (κ3) is 2.06. The predicted molar refractivity (Wildman–Crippen MR) is 63.3 cm³/mol. The van der Waals surface area contributed by atoms with Crippen LogP contribution in [0.4, 0.5) is 25.1 Å². The fourth-order valence-corrected chi connectivity index (χ4v) is 1.81. The van der Waals surface area contributed by atoms with E-state index in [2.05, 4.69) is 20.5 Å². The third-order valence-electron chi connectivity index (χ3n) is 2.79. The van der Waals surface area contributed by atoms with Gasteiger partial charge in [0.2, 0.25) is 12.3 Å². The molecule has 0 saturated carbocycles. The third-order valence-corrected chi connectivity index (χ3v) is 2.79. The van der Waals surface area contributed by atoms with Gasteiger partial charge < -0.3 is 8.98 Å². The maximum atomic E-state index is 12.6. The summed E-state index contributed by atoms with van der Waals surface area (Å²) in [6.45, 7) is 0. The summed E-state index contributed by atoms with van der Waals surface area (Å²) in [4.78, 5) is 4.09. The van der Waals surface area contributed by atoms with E-state index in [0.29, 0.717) is 11.5 Å². The number of anilines is 2. The number of alkyl halides is 3. The average molecular weight is 283 g/mol. The van der Waals surface area contributed by atoms with E-state index in [1.807, 2.05) is 0 Å². The Morgan fingerprint density at radius 1 is 1.30 bits per heavy atom. The molecule has 9 heteroatoms. The molecule has 1 aromatic carbocycles. The van der Waals surface area contributed by atoms with Crippen LogP contribution in [-0.4, -0.2) is 19.7 Å². The van der Waals surface area contributed by atoms with Crippen LogP contribution < -0.4 is 5.32 Å². The van der Waals surface area contributed by atoms with Crippen molar-refractivity contribution in [2.45, 2.75) is 6.18 Å². The van der Waals surface area contributed by atoms with Crippen molar-refractivity contribution in [2.24, 2.45) is 7.05 Å². The summed E-state index contributed by atoms with van der Waals surface area (Å²) >= 11 is 0. The van der Waals surface area contributed by atoms with E-state index in [1.165, 1.54) is 6.07 Å². The maximum absolute atomic E-state index is 12.6. The summed E-state index contributed by atoms with van der Waals surface area (Å²) in [7, 11) is 1.67. The van der Waals surface area contributed by atoms with Gasteiger partial charge in [-0.3, -0.25) is 5.32 Å². The minimum atomic E-state index is -4.40. The highest BCUT2D eigenvalue weighted by Crippen LogP contribution is 2.32. The van der Waals surface area contributed by atoms with Gasteiger partial charge >= 0.3 is 12.2 Å². The second-order valence-electron chi connectivity index (χ2n) is 4.06. The average Bonchev–Trinajstić information content (AvgIpc) is 2.98. The molecule has 0 saturated heterocycles. The molecular formula is C11H8F3N5O. The number of aryl methyl sites for hydroxylation is 1. The van der Waals surface area contributed by atoms with E-state index in [9.17, 15) is 13.2 Å². The topological polar surface area (TPSA) is 68.8 Å². The number of hydrogen-bond acceptors (Lipinski definition) is 5. The first-order valence-electron chi connectivity index (χ1n) is 5.52. The normalized spacial score (nSPS) is 12.0. The smallest absolute Gasteiger partial charge is 0.411 e. The molecule has 1 N–H and O–H groups in total. The van der Waals surface area contributed by atoms with Gasteiger partial charge in [0.05, 0.1) is 16.6 Å². The van der Waals surface area contributed by atoms with Gasteiger partial charge in [0.25, 0.3) is 0 Å². The Labute approximate surface area is 110 Å². The minimum Gasteiger partial charge on any atom is -0.411 e. The molecule has 0 aliphatic rings. The summed E-state index contributed by atoms with van der Waals surface area (Å²) in [5.41, 5.74) is 0.0387. The Kier molecular flexibility index (Phi) is 2.63. The first-order valence-corrected chi connectivity index (χ1v) is 5.52. The lowest BCUT2D eigenvalue weighted by Crippen LogP contribution is -2.04. The highest BCUT2D eigenvalue weighted by molar-refractivity contribution is 5.80. The molecule has 0 bridgehead atoms. The van der Waals surface area contributed by atoms with Gasteiger partial charge in [-0.15, -0.1) is 5.10 Å². The van der Waals surface area contributed by atoms with Crippen LogP contribution in [-0.2, 0) is 13.2 Å². The lowest BCUT2D eigenvalue weighted by atomic mass is 10.2. The van der Waals surface area contributed by atoms with Crippen molar-refractivity contribution in [3.8, 4) is 0 Å². The van der Waals surface area contributed by atoms with Crippen molar-refractivity contribution in [3.63, 3.8) is 0 Å². The fourth-order valence-electron chi connectivity index (χ4n) is 1.81. The first-order chi connectivity index (χ1) is 9.45. The number of rotatable bonds is 2. The zero-order chi connectivity index (χ0) is 14.3. The molecule has 0 unspecified atom stereocenters. The number of fused-ring (bicyclic) bond motifs is 1. The summed E-state index contributed by atoms with van der Waals surface area (Å²) < 4.78 is 44.4. The summed E-state index contributed by atoms with van der Waals surface area (Å²) in [6.07, 6.45) is -3.27. The van der Waals surface area contributed by atoms with Crippen LogP contribution in [0.25, 0.3) is 11.0 Å². The minimum absolute atomic E-state index is 0.111. The van der Waals surface area contributed by atoms with E-state index in [0.717, 1.165) is 18.5 Å². The van der Waals surface area contributed by atoms with E-state index in [1.54, 1.807) is 11.6 Å². The van der Waals surface area contributed by atoms with Crippen LogP contribution in [0.3, 0.4) is 0 Å². The quantitative estimate of drug-likeness (QED) is 0.783. The Balaban J connectivity index is 2.05. The summed E-state index contributed by atoms with van der Waals surface area (Å²) in [5.74, 6) is 0.309. The van der Waals surface area contributed by atoms with Crippen molar-refractivity contribution in [3.05, 3.63) is 30.2 Å². The molecule has 104 valence electrons. The van der Waals surface area contributed by atoms with Crippen LogP contribution in [0, 0.1) is 0 Å². The van der Waals surface area contributed by atoms with Gasteiger partial charge in [-0.2, -0.15) is 13.2 Å². The standard InChI is InChI=1S/C11H8F3N5O/c1-19-8-3-2-6(11(12,13)14)4-7(8)16-9(19)17-10-18-15-5-20-10/h2-5H,1H3,(H,16,17,18). The molecule has 0 aliphatic heterocycles. The summed E-state index contributed by atoms with van der Waals surface area (Å²) in [6, 6.07) is 3.48. The van der Waals surface area contributed by atoms with Gasteiger partial charge in [0.15, 0.2) is 0 Å². The monoisotopic (exact) mass is 283 g/mol. The molecule has 20 heavy (non-hydrogen) atoms. The number of benzene rings is 1. The van der Waals surface area contributed by atoms with Gasteiger partial charge in [-0.25, -0.2) is 4.98 Å². The molecule has 6 nitrogen and oxygen atoms in total. The van der Waals surface area contributed by atoms with Crippen LogP contribution in [0.2, 0.25) is 0 Å². The number of nitrogens with one attached hydrogen (secondary N) is 1. The molecule has 3 rings (SSSR count). The Hall–Kier alpha value is -2.58. The summed E-state index contributed by atoms with van der Waals surface area (Å²) in [5, 5.41) is 9.83. The van der Waals surface area contributed by atoms with Crippen LogP contribution in [0.5, 0.6) is 0 Å². The predicted octanol–water partition coefficient (Wildman–Crippen LogP) is 2.72. The highest BCUT2D eigenvalue weighted by atomic mass is 19.4. The lowest BCUT2D eigenvalue weighted by Gasteiger charge is -2.05. The number of imidazole rings is 1. The number of halogens is 3. The molecule has 0 fully saturated rings. The molecular weight excluding hydrogens is 275 g/mol. The Morgan fingerprint density at radius 3 is 2.75 bits per heavy atom. The molecule has 0 atom stereocenters. The second kappa shape index (κ2) is 4.22. The molecule has 2 aromatic heterocycles. The second-order valence-corrected chi connectivity index (χ2v) is 4.06. The van der Waals surface area contributed by atoms with Crippen LogP contribution >= 0.6 is 0 Å². The molecule has 2 heterocycles. The fraction of sp³-hybridized carbons (Fsp3) is 0.182. The van der Waals surface area contributed by atoms with E-state index >= 15 is 0 Å². The van der Waals surface area contributed by atoms with Crippen LogP contribution in [0.15, 0.2) is 29.0 Å². The first kappa shape index (κ1) is 12.5. The van der Waals surface area contributed by atoms with Crippen molar-refractivity contribution in [1.82, 2.24) is 19.7 Å². The highest BCUT2D eigenvalue weighted by Gasteiger charge is 2.31. The van der Waals surface area contributed by atoms with Gasteiger partial charge in [0.1, 0.15) is 0 Å². The zero-order valence-electron chi connectivity index (χ0n) is 10.1.